The summed E-state index contributed by atoms with van der Waals surface area (Å²) in [5.41, 5.74) is 6.23. The van der Waals surface area contributed by atoms with Gasteiger partial charge < -0.3 is 9.88 Å². The Morgan fingerprint density at radius 1 is 1.06 bits per heavy atom. The molecule has 0 aliphatic carbocycles. The number of aryl methyl sites for hydroxylation is 1. The van der Waals surface area contributed by atoms with E-state index < -0.39 is 20.5 Å². The molecule has 0 aliphatic rings. The maximum atomic E-state index is 13.1. The van der Waals surface area contributed by atoms with Gasteiger partial charge in [0.2, 0.25) is 5.91 Å². The first kappa shape index (κ1) is 25.6. The summed E-state index contributed by atoms with van der Waals surface area (Å²) in [6.07, 6.45) is 2.68. The van der Waals surface area contributed by atoms with Crippen LogP contribution in [0.25, 0.3) is 21.9 Å². The first-order valence-electron chi connectivity index (χ1n) is 11.0. The standard InChI is InChI=1S/C25H32N4O4S/c1-25(24(31)26-2,34(5,32)33)13-15-29-14-12-21-16-20(10-11-22(21)23(29)30)19-8-6-18(7-9-19)17-27-28(3)4/h6-12,14,16,27H,13,15,17H2,1-5H3,(H,26,31)/t25-/m1/s1. The zero-order valence-corrected chi connectivity index (χ0v) is 21.1. The van der Waals surface area contributed by atoms with Crippen molar-refractivity contribution in [3.05, 3.63) is 70.6 Å². The third kappa shape index (κ3) is 5.38. The summed E-state index contributed by atoms with van der Waals surface area (Å²) < 4.78 is 24.4. The second-order valence-electron chi connectivity index (χ2n) is 8.87. The molecule has 0 unspecified atom stereocenters. The molecular formula is C25H32N4O4S. The zero-order chi connectivity index (χ0) is 25.1. The van der Waals surface area contributed by atoms with Gasteiger partial charge in [-0.1, -0.05) is 30.3 Å². The Morgan fingerprint density at radius 2 is 1.71 bits per heavy atom. The summed E-state index contributed by atoms with van der Waals surface area (Å²) >= 11 is 0. The fraction of sp³-hybridized carbons (Fsp3) is 0.360. The minimum Gasteiger partial charge on any atom is -0.358 e. The fourth-order valence-corrected chi connectivity index (χ4v) is 4.67. The van der Waals surface area contributed by atoms with Crippen molar-refractivity contribution in [1.29, 1.82) is 0 Å². The van der Waals surface area contributed by atoms with Crippen LogP contribution >= 0.6 is 0 Å². The summed E-state index contributed by atoms with van der Waals surface area (Å²) in [5, 5.41) is 5.67. The van der Waals surface area contributed by atoms with Crippen LogP contribution in [0, 0.1) is 0 Å². The number of nitrogens with one attached hydrogen (secondary N) is 2. The van der Waals surface area contributed by atoms with Gasteiger partial charge in [-0.25, -0.2) is 8.42 Å². The van der Waals surface area contributed by atoms with E-state index in [1.807, 2.05) is 37.3 Å². The molecule has 2 aromatic carbocycles. The highest BCUT2D eigenvalue weighted by molar-refractivity contribution is 7.92. The summed E-state index contributed by atoms with van der Waals surface area (Å²) in [6, 6.07) is 15.8. The van der Waals surface area contributed by atoms with E-state index in [1.165, 1.54) is 24.1 Å². The number of aromatic nitrogens is 1. The topological polar surface area (TPSA) is 101 Å². The number of benzene rings is 2. The molecule has 0 radical (unpaired) electrons. The average Bonchev–Trinajstić information content (AvgIpc) is 2.81. The third-order valence-corrected chi connectivity index (χ3v) is 8.25. The predicted molar refractivity (Wildman–Crippen MR) is 136 cm³/mol. The van der Waals surface area contributed by atoms with Gasteiger partial charge in [-0.05, 0) is 53.6 Å². The number of hydrogen-bond donors (Lipinski definition) is 2. The lowest BCUT2D eigenvalue weighted by Crippen LogP contribution is -2.49. The van der Waals surface area contributed by atoms with Gasteiger partial charge in [0.25, 0.3) is 5.56 Å². The molecule has 1 aromatic heterocycles. The van der Waals surface area contributed by atoms with Gasteiger partial charge in [0, 0.05) is 52.1 Å². The van der Waals surface area contributed by atoms with Crippen LogP contribution in [0.5, 0.6) is 0 Å². The fourth-order valence-electron chi connectivity index (χ4n) is 3.77. The predicted octanol–water partition coefficient (Wildman–Crippen LogP) is 2.17. The van der Waals surface area contributed by atoms with Gasteiger partial charge in [-0.15, -0.1) is 0 Å². The second-order valence-corrected chi connectivity index (χ2v) is 11.3. The van der Waals surface area contributed by atoms with Crippen LogP contribution in [-0.2, 0) is 27.7 Å². The Balaban J connectivity index is 1.85. The van der Waals surface area contributed by atoms with Crippen molar-refractivity contribution in [3.63, 3.8) is 0 Å². The van der Waals surface area contributed by atoms with Gasteiger partial charge in [-0.2, -0.15) is 0 Å². The SMILES string of the molecule is CNC(=O)[C@@](C)(CCn1ccc2cc(-c3ccc(CNN(C)C)cc3)ccc2c1=O)S(C)(=O)=O. The number of carbonyl (C=O) groups excluding carboxylic acids is 1. The average molecular weight is 485 g/mol. The summed E-state index contributed by atoms with van der Waals surface area (Å²) in [6.45, 7) is 2.24. The van der Waals surface area contributed by atoms with E-state index >= 15 is 0 Å². The zero-order valence-electron chi connectivity index (χ0n) is 20.3. The quantitative estimate of drug-likeness (QED) is 0.452. The highest BCUT2D eigenvalue weighted by Gasteiger charge is 2.42. The molecule has 0 saturated heterocycles. The van der Waals surface area contributed by atoms with Crippen molar-refractivity contribution in [3.8, 4) is 11.1 Å². The highest BCUT2D eigenvalue weighted by Crippen LogP contribution is 2.25. The number of carbonyl (C=O) groups is 1. The molecule has 182 valence electrons. The third-order valence-electron chi connectivity index (χ3n) is 6.22. The van der Waals surface area contributed by atoms with E-state index in [1.54, 1.807) is 12.3 Å². The molecule has 8 nitrogen and oxygen atoms in total. The van der Waals surface area contributed by atoms with E-state index in [9.17, 15) is 18.0 Å². The van der Waals surface area contributed by atoms with Crippen molar-refractivity contribution in [2.45, 2.75) is 31.2 Å². The van der Waals surface area contributed by atoms with Crippen LogP contribution in [0.4, 0.5) is 0 Å². The second kappa shape index (κ2) is 10.1. The molecule has 1 heterocycles. The monoisotopic (exact) mass is 484 g/mol. The van der Waals surface area contributed by atoms with Crippen molar-refractivity contribution in [2.75, 3.05) is 27.4 Å². The van der Waals surface area contributed by atoms with Crippen molar-refractivity contribution in [1.82, 2.24) is 20.3 Å². The van der Waals surface area contributed by atoms with E-state index in [0.717, 1.165) is 29.3 Å². The molecule has 0 saturated carbocycles. The van der Waals surface area contributed by atoms with Crippen molar-refractivity contribution in [2.24, 2.45) is 0 Å². The molecule has 9 heteroatoms. The minimum absolute atomic E-state index is 0.00989. The number of nitrogens with zero attached hydrogens (tertiary/aromatic N) is 2. The van der Waals surface area contributed by atoms with Crippen LogP contribution in [0.2, 0.25) is 0 Å². The summed E-state index contributed by atoms with van der Waals surface area (Å²) in [7, 11) is 1.62. The molecular weight excluding hydrogens is 452 g/mol. The Bertz CT molecular complexity index is 1350. The van der Waals surface area contributed by atoms with Gasteiger partial charge in [-0.3, -0.25) is 20.0 Å². The lowest BCUT2D eigenvalue weighted by molar-refractivity contribution is -0.123. The number of sulfone groups is 1. The molecule has 1 amide bonds. The molecule has 0 spiro atoms. The van der Waals surface area contributed by atoms with Gasteiger partial charge >= 0.3 is 0 Å². The Morgan fingerprint density at radius 3 is 2.29 bits per heavy atom. The van der Waals surface area contributed by atoms with Crippen LogP contribution in [0.15, 0.2) is 59.5 Å². The van der Waals surface area contributed by atoms with Crippen molar-refractivity contribution >= 4 is 26.5 Å². The van der Waals surface area contributed by atoms with Crippen LogP contribution < -0.4 is 16.3 Å². The van der Waals surface area contributed by atoms with E-state index in [0.29, 0.717) is 5.39 Å². The minimum atomic E-state index is -3.68. The lowest BCUT2D eigenvalue weighted by Gasteiger charge is -2.26. The van der Waals surface area contributed by atoms with E-state index in [-0.39, 0.29) is 18.5 Å². The Hall–Kier alpha value is -3.01. The molecule has 34 heavy (non-hydrogen) atoms. The number of hydrazine groups is 1. The van der Waals surface area contributed by atoms with Crippen molar-refractivity contribution < 1.29 is 13.2 Å². The largest absolute Gasteiger partial charge is 0.358 e. The van der Waals surface area contributed by atoms with Crippen LogP contribution in [0.3, 0.4) is 0 Å². The number of pyridine rings is 1. The number of fused-ring (bicyclic) bond motifs is 1. The maximum Gasteiger partial charge on any atom is 0.258 e. The van der Waals surface area contributed by atoms with Gasteiger partial charge in [0.1, 0.15) is 4.75 Å². The first-order valence-corrected chi connectivity index (χ1v) is 12.9. The summed E-state index contributed by atoms with van der Waals surface area (Å²) in [5.74, 6) is -0.586. The Kier molecular flexibility index (Phi) is 7.60. The normalized spacial score (nSPS) is 13.7. The molecule has 3 rings (SSSR count). The van der Waals surface area contributed by atoms with E-state index in [4.69, 9.17) is 0 Å². The molecule has 2 N–H and O–H groups in total. The highest BCUT2D eigenvalue weighted by atomic mass is 32.2. The number of rotatable bonds is 9. The molecule has 0 bridgehead atoms. The number of hydrogen-bond acceptors (Lipinski definition) is 6. The molecule has 0 fully saturated rings. The summed E-state index contributed by atoms with van der Waals surface area (Å²) in [4.78, 5) is 25.3. The van der Waals surface area contributed by atoms with E-state index in [2.05, 4.69) is 35.0 Å². The number of amides is 1. The Labute approximate surface area is 200 Å². The molecule has 3 aromatic rings. The molecule has 0 aliphatic heterocycles. The van der Waals surface area contributed by atoms with Crippen LogP contribution in [0.1, 0.15) is 18.9 Å². The van der Waals surface area contributed by atoms with Crippen LogP contribution in [-0.4, -0.2) is 56.0 Å². The smallest absolute Gasteiger partial charge is 0.258 e. The first-order chi connectivity index (χ1) is 16.0. The maximum absolute atomic E-state index is 13.1. The van der Waals surface area contributed by atoms with Gasteiger partial charge in [0.05, 0.1) is 0 Å². The lowest BCUT2D eigenvalue weighted by atomic mass is 10.0. The van der Waals surface area contributed by atoms with Gasteiger partial charge in [0.15, 0.2) is 9.84 Å². The molecule has 1 atom stereocenters.